The van der Waals surface area contributed by atoms with Crippen molar-refractivity contribution in [2.75, 3.05) is 18.0 Å². The van der Waals surface area contributed by atoms with Crippen LogP contribution in [0.15, 0.2) is 30.3 Å². The van der Waals surface area contributed by atoms with Crippen molar-refractivity contribution in [1.29, 1.82) is 0 Å². The molecule has 0 aliphatic heterocycles. The monoisotopic (exact) mass is 249 g/mol. The van der Waals surface area contributed by atoms with Crippen molar-refractivity contribution >= 4 is 11.7 Å². The van der Waals surface area contributed by atoms with Crippen molar-refractivity contribution in [2.24, 2.45) is 5.92 Å². The maximum absolute atomic E-state index is 10.7. The van der Waals surface area contributed by atoms with E-state index in [0.717, 1.165) is 18.7 Å². The summed E-state index contributed by atoms with van der Waals surface area (Å²) in [6.45, 7) is 5.93. The normalized spacial score (nSPS) is 10.6. The summed E-state index contributed by atoms with van der Waals surface area (Å²) < 4.78 is 0. The highest BCUT2D eigenvalue weighted by Crippen LogP contribution is 2.15. The fourth-order valence-corrected chi connectivity index (χ4v) is 1.93. The first-order valence-electron chi connectivity index (χ1n) is 6.61. The topological polar surface area (TPSA) is 40.5 Å². The van der Waals surface area contributed by atoms with Gasteiger partial charge in [-0.05, 0) is 30.9 Å². The van der Waals surface area contributed by atoms with Crippen molar-refractivity contribution in [3.8, 4) is 0 Å². The number of benzene rings is 1. The van der Waals surface area contributed by atoms with Crippen LogP contribution in [-0.2, 0) is 4.79 Å². The summed E-state index contributed by atoms with van der Waals surface area (Å²) in [5, 5.41) is 8.80. The van der Waals surface area contributed by atoms with E-state index in [-0.39, 0.29) is 6.42 Å². The summed E-state index contributed by atoms with van der Waals surface area (Å²) >= 11 is 0. The Morgan fingerprint density at radius 1 is 1.22 bits per heavy atom. The second-order valence-electron chi connectivity index (χ2n) is 5.00. The average molecular weight is 249 g/mol. The molecule has 0 saturated heterocycles. The summed E-state index contributed by atoms with van der Waals surface area (Å²) in [4.78, 5) is 12.9. The number of rotatable bonds is 8. The zero-order chi connectivity index (χ0) is 13.4. The van der Waals surface area contributed by atoms with Crippen LogP contribution in [0.2, 0.25) is 0 Å². The molecule has 1 N–H and O–H groups in total. The van der Waals surface area contributed by atoms with E-state index in [0.29, 0.717) is 12.5 Å². The molecule has 0 unspecified atom stereocenters. The molecular formula is C15H23NO2. The van der Waals surface area contributed by atoms with Gasteiger partial charge in [0, 0.05) is 18.8 Å². The smallest absolute Gasteiger partial charge is 0.305 e. The number of hydrogen-bond acceptors (Lipinski definition) is 2. The lowest BCUT2D eigenvalue weighted by atomic mass is 10.1. The Hall–Kier alpha value is -1.51. The first kappa shape index (κ1) is 14.6. The predicted octanol–water partition coefficient (Wildman–Crippen LogP) is 3.40. The lowest BCUT2D eigenvalue weighted by Crippen LogP contribution is -2.27. The van der Waals surface area contributed by atoms with Crippen LogP contribution in [0.4, 0.5) is 5.69 Å². The second-order valence-corrected chi connectivity index (χ2v) is 5.00. The van der Waals surface area contributed by atoms with E-state index < -0.39 is 5.97 Å². The van der Waals surface area contributed by atoms with Gasteiger partial charge in [-0.25, -0.2) is 0 Å². The molecule has 100 valence electrons. The molecule has 0 heterocycles. The molecule has 0 aliphatic rings. The van der Waals surface area contributed by atoms with Gasteiger partial charge in [0.1, 0.15) is 0 Å². The van der Waals surface area contributed by atoms with Crippen LogP contribution >= 0.6 is 0 Å². The first-order chi connectivity index (χ1) is 8.59. The van der Waals surface area contributed by atoms with Gasteiger partial charge < -0.3 is 10.0 Å². The molecule has 0 fully saturated rings. The molecule has 3 nitrogen and oxygen atoms in total. The number of nitrogens with zero attached hydrogens (tertiary/aromatic N) is 1. The van der Waals surface area contributed by atoms with E-state index in [1.807, 2.05) is 30.3 Å². The molecule has 0 atom stereocenters. The number of anilines is 1. The summed E-state index contributed by atoms with van der Waals surface area (Å²) in [5.41, 5.74) is 1.11. The van der Waals surface area contributed by atoms with Crippen molar-refractivity contribution < 1.29 is 9.90 Å². The molecule has 0 radical (unpaired) electrons. The van der Waals surface area contributed by atoms with Gasteiger partial charge in [-0.1, -0.05) is 32.0 Å². The summed E-state index contributed by atoms with van der Waals surface area (Å²) in [6, 6.07) is 10.0. The molecule has 0 amide bonds. The number of carbonyl (C=O) groups is 1. The van der Waals surface area contributed by atoms with Gasteiger partial charge in [0.2, 0.25) is 0 Å². The highest BCUT2D eigenvalue weighted by Gasteiger charge is 2.08. The first-order valence-corrected chi connectivity index (χ1v) is 6.61. The molecular weight excluding hydrogens is 226 g/mol. The zero-order valence-electron chi connectivity index (χ0n) is 11.3. The molecule has 0 bridgehead atoms. The molecule has 0 aromatic heterocycles. The third kappa shape index (κ3) is 5.71. The van der Waals surface area contributed by atoms with E-state index >= 15 is 0 Å². The molecule has 0 aliphatic carbocycles. The quantitative estimate of drug-likeness (QED) is 0.767. The maximum Gasteiger partial charge on any atom is 0.305 e. The Balaban J connectivity index is 2.55. The molecule has 1 aromatic rings. The number of carboxylic acids is 1. The minimum absolute atomic E-state index is 0.191. The SMILES string of the molecule is CC(C)CCCN(CCC(=O)O)c1ccccc1. The fraction of sp³-hybridized carbons (Fsp3) is 0.533. The molecule has 0 spiro atoms. The van der Waals surface area contributed by atoms with Gasteiger partial charge in [0.05, 0.1) is 6.42 Å². The van der Waals surface area contributed by atoms with Gasteiger partial charge in [0.25, 0.3) is 0 Å². The van der Waals surface area contributed by atoms with Gasteiger partial charge in [-0.3, -0.25) is 4.79 Å². The van der Waals surface area contributed by atoms with E-state index in [2.05, 4.69) is 18.7 Å². The van der Waals surface area contributed by atoms with Gasteiger partial charge in [-0.15, -0.1) is 0 Å². The van der Waals surface area contributed by atoms with Gasteiger partial charge in [0.15, 0.2) is 0 Å². The highest BCUT2D eigenvalue weighted by atomic mass is 16.4. The Morgan fingerprint density at radius 3 is 2.44 bits per heavy atom. The number of para-hydroxylation sites is 1. The summed E-state index contributed by atoms with van der Waals surface area (Å²) in [5.74, 6) is -0.0399. The Bertz CT molecular complexity index is 349. The van der Waals surface area contributed by atoms with Gasteiger partial charge in [-0.2, -0.15) is 0 Å². The molecule has 1 rings (SSSR count). The van der Waals surface area contributed by atoms with Crippen molar-refractivity contribution in [2.45, 2.75) is 33.1 Å². The van der Waals surface area contributed by atoms with Crippen LogP contribution in [-0.4, -0.2) is 24.2 Å². The third-order valence-electron chi connectivity index (χ3n) is 2.93. The van der Waals surface area contributed by atoms with Gasteiger partial charge >= 0.3 is 5.97 Å². The lowest BCUT2D eigenvalue weighted by Gasteiger charge is -2.24. The van der Waals surface area contributed by atoms with Crippen LogP contribution in [0.25, 0.3) is 0 Å². The Kier molecular flexibility index (Phi) is 6.26. The zero-order valence-corrected chi connectivity index (χ0v) is 11.3. The number of carboxylic acid groups (broad SMARTS) is 1. The average Bonchev–Trinajstić information content (AvgIpc) is 2.34. The van der Waals surface area contributed by atoms with Crippen LogP contribution < -0.4 is 4.90 Å². The lowest BCUT2D eigenvalue weighted by molar-refractivity contribution is -0.136. The molecule has 3 heteroatoms. The Labute approximate surface area is 109 Å². The summed E-state index contributed by atoms with van der Waals surface area (Å²) in [6.07, 6.45) is 2.47. The molecule has 0 saturated carbocycles. The summed E-state index contributed by atoms with van der Waals surface area (Å²) in [7, 11) is 0. The predicted molar refractivity (Wildman–Crippen MR) is 75.0 cm³/mol. The van der Waals surface area contributed by atoms with Crippen LogP contribution in [0.3, 0.4) is 0 Å². The standard InChI is InChI=1S/C15H23NO2/c1-13(2)7-6-11-16(12-10-15(17)18)14-8-4-3-5-9-14/h3-5,8-9,13H,6-7,10-12H2,1-2H3,(H,17,18). The highest BCUT2D eigenvalue weighted by molar-refractivity contribution is 5.67. The van der Waals surface area contributed by atoms with E-state index in [1.165, 1.54) is 6.42 Å². The number of hydrogen-bond donors (Lipinski definition) is 1. The van der Waals surface area contributed by atoms with E-state index in [4.69, 9.17) is 5.11 Å². The maximum atomic E-state index is 10.7. The molecule has 1 aromatic carbocycles. The molecule has 18 heavy (non-hydrogen) atoms. The van der Waals surface area contributed by atoms with E-state index in [1.54, 1.807) is 0 Å². The van der Waals surface area contributed by atoms with Crippen molar-refractivity contribution in [3.05, 3.63) is 30.3 Å². The van der Waals surface area contributed by atoms with Crippen molar-refractivity contribution in [1.82, 2.24) is 0 Å². The van der Waals surface area contributed by atoms with Crippen LogP contribution in [0.5, 0.6) is 0 Å². The minimum Gasteiger partial charge on any atom is -0.481 e. The number of aliphatic carboxylic acids is 1. The second kappa shape index (κ2) is 7.75. The Morgan fingerprint density at radius 2 is 1.89 bits per heavy atom. The van der Waals surface area contributed by atoms with Crippen LogP contribution in [0.1, 0.15) is 33.1 Å². The van der Waals surface area contributed by atoms with E-state index in [9.17, 15) is 4.79 Å². The van der Waals surface area contributed by atoms with Crippen LogP contribution in [0, 0.1) is 5.92 Å². The fourth-order valence-electron chi connectivity index (χ4n) is 1.93. The largest absolute Gasteiger partial charge is 0.481 e. The minimum atomic E-state index is -0.736. The van der Waals surface area contributed by atoms with Crippen molar-refractivity contribution in [3.63, 3.8) is 0 Å². The third-order valence-corrected chi connectivity index (χ3v) is 2.93.